The summed E-state index contributed by atoms with van der Waals surface area (Å²) in [4.78, 5) is 0. The third-order valence-corrected chi connectivity index (χ3v) is 11.3. The van der Waals surface area contributed by atoms with E-state index in [4.69, 9.17) is 0 Å². The Balaban J connectivity index is 3.12. The van der Waals surface area contributed by atoms with Gasteiger partial charge in [-0.1, -0.05) is 60.1 Å². The highest BCUT2D eigenvalue weighted by atomic mass is 28.3. The summed E-state index contributed by atoms with van der Waals surface area (Å²) in [5.41, 5.74) is 2.12. The zero-order valence-electron chi connectivity index (χ0n) is 12.9. The van der Waals surface area contributed by atoms with Crippen LogP contribution in [0.3, 0.4) is 0 Å². The van der Waals surface area contributed by atoms with Gasteiger partial charge in [-0.15, -0.1) is 0 Å². The van der Waals surface area contributed by atoms with Gasteiger partial charge in [0.15, 0.2) is 0 Å². The van der Waals surface area contributed by atoms with E-state index < -0.39 is 16.1 Å². The molecule has 0 nitrogen and oxygen atoms in total. The molecule has 0 spiro atoms. The first kappa shape index (κ1) is 14.5. The van der Waals surface area contributed by atoms with Crippen molar-refractivity contribution in [2.24, 2.45) is 17.8 Å². The fraction of sp³-hybridized carbons (Fsp3) is 1.00. The van der Waals surface area contributed by atoms with Crippen molar-refractivity contribution < 1.29 is 0 Å². The van der Waals surface area contributed by atoms with Crippen LogP contribution in [0.25, 0.3) is 0 Å². The molecule has 4 atom stereocenters. The second-order valence-electron chi connectivity index (χ2n) is 8.36. The monoisotopic (exact) mass is 256 g/mol. The summed E-state index contributed by atoms with van der Waals surface area (Å²) in [5.74, 6) is 2.85. The molecule has 96 valence electrons. The molecule has 1 fully saturated rings. The van der Waals surface area contributed by atoms with E-state index in [1.807, 2.05) is 0 Å². The third kappa shape index (κ3) is 2.48. The van der Waals surface area contributed by atoms with Crippen molar-refractivity contribution >= 4 is 16.1 Å². The molecule has 0 aromatic rings. The first-order valence-corrected chi connectivity index (χ1v) is 14.1. The predicted molar refractivity (Wildman–Crippen MR) is 81.7 cm³/mol. The van der Waals surface area contributed by atoms with E-state index in [0.29, 0.717) is 0 Å². The van der Waals surface area contributed by atoms with Crippen molar-refractivity contribution in [3.8, 4) is 0 Å². The van der Waals surface area contributed by atoms with Crippen LogP contribution < -0.4 is 0 Å². The molecule has 16 heavy (non-hydrogen) atoms. The van der Waals surface area contributed by atoms with Gasteiger partial charge in [-0.3, -0.25) is 0 Å². The Labute approximate surface area is 105 Å². The summed E-state index contributed by atoms with van der Waals surface area (Å²) in [6, 6.07) is 0. The van der Waals surface area contributed by atoms with Crippen LogP contribution in [0.1, 0.15) is 20.8 Å². The zero-order chi connectivity index (χ0) is 12.9. The molecule has 0 bridgehead atoms. The molecule has 0 radical (unpaired) electrons. The molecule has 1 saturated carbocycles. The van der Waals surface area contributed by atoms with Crippen LogP contribution in [0, 0.1) is 17.8 Å². The van der Waals surface area contributed by atoms with Crippen LogP contribution in [0.4, 0.5) is 0 Å². The molecule has 1 aliphatic carbocycles. The summed E-state index contributed by atoms with van der Waals surface area (Å²) >= 11 is 0. The molecule has 0 aliphatic heterocycles. The second-order valence-corrected chi connectivity index (χ2v) is 19.2. The van der Waals surface area contributed by atoms with Gasteiger partial charge in [-0.2, -0.15) is 0 Å². The van der Waals surface area contributed by atoms with Gasteiger partial charge in [0.2, 0.25) is 0 Å². The van der Waals surface area contributed by atoms with Gasteiger partial charge < -0.3 is 0 Å². The maximum absolute atomic E-state index is 2.59. The van der Waals surface area contributed by atoms with Gasteiger partial charge in [0.25, 0.3) is 0 Å². The molecular formula is C14H32Si2. The third-order valence-electron chi connectivity index (χ3n) is 5.18. The second kappa shape index (κ2) is 4.27. The lowest BCUT2D eigenvalue weighted by Gasteiger charge is -2.41. The maximum atomic E-state index is 2.59. The van der Waals surface area contributed by atoms with E-state index in [0.717, 1.165) is 28.8 Å². The quantitative estimate of drug-likeness (QED) is 0.586. The molecule has 0 amide bonds. The first-order chi connectivity index (χ1) is 6.98. The SMILES string of the molecule is CC1C(C)C([Si](C)(C)C)C([Si](C)(C)C)C1C. The average molecular weight is 257 g/mol. The Morgan fingerprint density at radius 3 is 0.938 bits per heavy atom. The molecule has 4 unspecified atom stereocenters. The topological polar surface area (TPSA) is 0 Å². The Hall–Kier alpha value is 0.434. The van der Waals surface area contributed by atoms with Crippen molar-refractivity contribution in [1.29, 1.82) is 0 Å². The molecule has 0 N–H and O–H groups in total. The van der Waals surface area contributed by atoms with E-state index in [9.17, 15) is 0 Å². The highest BCUT2D eigenvalue weighted by Crippen LogP contribution is 2.60. The Bertz CT molecular complexity index is 220. The lowest BCUT2D eigenvalue weighted by Crippen LogP contribution is -2.41. The number of hydrogen-bond donors (Lipinski definition) is 0. The summed E-state index contributed by atoms with van der Waals surface area (Å²) in [6.45, 7) is 23.1. The van der Waals surface area contributed by atoms with Crippen LogP contribution in [0.5, 0.6) is 0 Å². The van der Waals surface area contributed by atoms with Crippen molar-refractivity contribution in [1.82, 2.24) is 0 Å². The maximum Gasteiger partial charge on any atom is 0.0476 e. The molecule has 0 saturated heterocycles. The average Bonchev–Trinajstić information content (AvgIpc) is 2.27. The summed E-state index contributed by atoms with van der Waals surface area (Å²) in [5, 5.41) is 0. The smallest absolute Gasteiger partial charge is 0.0476 e. The van der Waals surface area contributed by atoms with Crippen LogP contribution in [-0.4, -0.2) is 16.1 Å². The molecule has 0 aromatic carbocycles. The van der Waals surface area contributed by atoms with E-state index in [2.05, 4.69) is 60.1 Å². The highest BCUT2D eigenvalue weighted by Gasteiger charge is 2.53. The Morgan fingerprint density at radius 2 is 0.750 bits per heavy atom. The summed E-state index contributed by atoms with van der Waals surface area (Å²) in [6.07, 6.45) is 0. The van der Waals surface area contributed by atoms with Crippen LogP contribution >= 0.6 is 0 Å². The van der Waals surface area contributed by atoms with E-state index in [-0.39, 0.29) is 0 Å². The molecule has 0 aromatic heterocycles. The van der Waals surface area contributed by atoms with Gasteiger partial charge in [0.05, 0.1) is 0 Å². The fourth-order valence-electron chi connectivity index (χ4n) is 4.44. The number of hydrogen-bond acceptors (Lipinski definition) is 0. The van der Waals surface area contributed by atoms with Gasteiger partial charge in [0, 0.05) is 16.1 Å². The lowest BCUT2D eigenvalue weighted by molar-refractivity contribution is 0.378. The summed E-state index contributed by atoms with van der Waals surface area (Å²) in [7, 11) is -2.02. The minimum Gasteiger partial charge on any atom is -0.0693 e. The normalized spacial score (nSPS) is 41.4. The zero-order valence-corrected chi connectivity index (χ0v) is 14.9. The van der Waals surface area contributed by atoms with Crippen LogP contribution in [-0.2, 0) is 0 Å². The first-order valence-electron chi connectivity index (χ1n) is 6.98. The molecule has 0 heterocycles. The predicted octanol–water partition coefficient (Wildman–Crippen LogP) is 5.33. The van der Waals surface area contributed by atoms with Gasteiger partial charge in [-0.05, 0) is 28.8 Å². The fourth-order valence-corrected chi connectivity index (χ4v) is 14.0. The van der Waals surface area contributed by atoms with Crippen LogP contribution in [0.15, 0.2) is 0 Å². The minimum atomic E-state index is -1.01. The lowest BCUT2D eigenvalue weighted by atomic mass is 9.94. The standard InChI is InChI=1S/C14H32Si2/c1-10-11(2)13(15(4,5)6)14(12(10)3)16(7,8)9/h10-14H,1-9H3. The Morgan fingerprint density at radius 1 is 0.500 bits per heavy atom. The van der Waals surface area contributed by atoms with Gasteiger partial charge in [0.1, 0.15) is 0 Å². The minimum absolute atomic E-state index is 0.938. The number of rotatable bonds is 2. The van der Waals surface area contributed by atoms with E-state index >= 15 is 0 Å². The van der Waals surface area contributed by atoms with Gasteiger partial charge in [-0.25, -0.2) is 0 Å². The summed E-state index contributed by atoms with van der Waals surface area (Å²) < 4.78 is 0. The molecule has 2 heteroatoms. The van der Waals surface area contributed by atoms with Crippen molar-refractivity contribution in [2.45, 2.75) is 71.1 Å². The van der Waals surface area contributed by atoms with E-state index in [1.165, 1.54) is 0 Å². The molecule has 1 aliphatic rings. The molecule has 1 rings (SSSR count). The molecular weight excluding hydrogens is 224 g/mol. The Kier molecular flexibility index (Phi) is 3.87. The van der Waals surface area contributed by atoms with Crippen molar-refractivity contribution in [3.63, 3.8) is 0 Å². The van der Waals surface area contributed by atoms with Gasteiger partial charge >= 0.3 is 0 Å². The van der Waals surface area contributed by atoms with Crippen molar-refractivity contribution in [2.75, 3.05) is 0 Å². The van der Waals surface area contributed by atoms with E-state index in [1.54, 1.807) is 0 Å². The van der Waals surface area contributed by atoms with Crippen molar-refractivity contribution in [3.05, 3.63) is 0 Å². The highest BCUT2D eigenvalue weighted by molar-refractivity contribution is 6.83. The largest absolute Gasteiger partial charge is 0.0693 e. The van der Waals surface area contributed by atoms with Crippen LogP contribution in [0.2, 0.25) is 50.4 Å².